The molecule has 134 valence electrons. The summed E-state index contributed by atoms with van der Waals surface area (Å²) in [6, 6.07) is 7.84. The molecule has 1 saturated carbocycles. The van der Waals surface area contributed by atoms with E-state index in [-0.39, 0.29) is 42.7 Å². The van der Waals surface area contributed by atoms with Gasteiger partial charge in [0, 0.05) is 0 Å². The van der Waals surface area contributed by atoms with Gasteiger partial charge in [0.15, 0.2) is 0 Å². The molecule has 3 rings (SSSR count). The summed E-state index contributed by atoms with van der Waals surface area (Å²) in [7, 11) is 0. The molecule has 2 aromatic rings. The summed E-state index contributed by atoms with van der Waals surface area (Å²) >= 11 is 0. The van der Waals surface area contributed by atoms with Gasteiger partial charge in [-0.05, 0) is 43.4 Å². The number of hydrogen-bond donors (Lipinski definition) is 3. The van der Waals surface area contributed by atoms with Gasteiger partial charge >= 0.3 is 0 Å². The van der Waals surface area contributed by atoms with Crippen molar-refractivity contribution in [2.45, 2.75) is 32.7 Å². The maximum Gasteiger partial charge on any atom is 0.234 e. The summed E-state index contributed by atoms with van der Waals surface area (Å²) in [5, 5.41) is 6.32. The SMILES string of the molecule is CC(C)C(NC(=O)CNCC1CC1)c1nc2ccccc2[nH]1.Cl.Cl. The van der Waals surface area contributed by atoms with E-state index in [1.165, 1.54) is 12.8 Å². The molecule has 5 nitrogen and oxygen atoms in total. The average Bonchev–Trinajstić information content (AvgIpc) is 3.21. The first-order valence-electron chi connectivity index (χ1n) is 8.08. The number of imidazole rings is 1. The number of para-hydroxylation sites is 2. The van der Waals surface area contributed by atoms with Crippen LogP contribution >= 0.6 is 24.8 Å². The van der Waals surface area contributed by atoms with Gasteiger partial charge in [-0.25, -0.2) is 4.98 Å². The fraction of sp³-hybridized carbons (Fsp3) is 0.529. The fourth-order valence-corrected chi connectivity index (χ4v) is 2.61. The van der Waals surface area contributed by atoms with E-state index in [9.17, 15) is 4.79 Å². The van der Waals surface area contributed by atoms with Crippen LogP contribution in [0.2, 0.25) is 0 Å². The van der Waals surface area contributed by atoms with Crippen molar-refractivity contribution >= 4 is 41.8 Å². The number of aromatic amines is 1. The van der Waals surface area contributed by atoms with Crippen LogP contribution < -0.4 is 10.6 Å². The van der Waals surface area contributed by atoms with E-state index in [1.54, 1.807) is 0 Å². The van der Waals surface area contributed by atoms with Gasteiger partial charge in [0.2, 0.25) is 5.91 Å². The highest BCUT2D eigenvalue weighted by atomic mass is 35.5. The van der Waals surface area contributed by atoms with Crippen LogP contribution in [0.3, 0.4) is 0 Å². The van der Waals surface area contributed by atoms with Gasteiger partial charge in [0.25, 0.3) is 0 Å². The minimum atomic E-state index is -0.0948. The molecule has 1 amide bonds. The lowest BCUT2D eigenvalue weighted by molar-refractivity contribution is -0.121. The highest BCUT2D eigenvalue weighted by Crippen LogP contribution is 2.27. The maximum atomic E-state index is 12.1. The smallest absolute Gasteiger partial charge is 0.234 e. The van der Waals surface area contributed by atoms with Gasteiger partial charge in [-0.15, -0.1) is 24.8 Å². The highest BCUT2D eigenvalue weighted by Gasteiger charge is 2.23. The van der Waals surface area contributed by atoms with Crippen LogP contribution in [-0.2, 0) is 4.79 Å². The van der Waals surface area contributed by atoms with Crippen LogP contribution in [0.15, 0.2) is 24.3 Å². The molecule has 1 unspecified atom stereocenters. The lowest BCUT2D eigenvalue weighted by atomic mass is 10.0. The first kappa shape index (κ1) is 20.7. The quantitative estimate of drug-likeness (QED) is 0.698. The van der Waals surface area contributed by atoms with Gasteiger partial charge in [0.1, 0.15) is 5.82 Å². The van der Waals surface area contributed by atoms with Gasteiger partial charge in [-0.2, -0.15) is 0 Å². The van der Waals surface area contributed by atoms with E-state index in [4.69, 9.17) is 0 Å². The van der Waals surface area contributed by atoms with Crippen molar-refractivity contribution in [3.8, 4) is 0 Å². The Morgan fingerprint density at radius 3 is 2.62 bits per heavy atom. The third-order valence-electron chi connectivity index (χ3n) is 4.10. The summed E-state index contributed by atoms with van der Waals surface area (Å²) in [6.07, 6.45) is 2.59. The molecular weight excluding hydrogens is 347 g/mol. The van der Waals surface area contributed by atoms with E-state index >= 15 is 0 Å². The Kier molecular flexibility index (Phi) is 8.00. The van der Waals surface area contributed by atoms with Gasteiger partial charge in [-0.3, -0.25) is 4.79 Å². The number of halogens is 2. The molecule has 0 radical (unpaired) electrons. The molecule has 1 fully saturated rings. The molecular formula is C17H26Cl2N4O. The Morgan fingerprint density at radius 2 is 2.00 bits per heavy atom. The molecule has 24 heavy (non-hydrogen) atoms. The molecule has 1 aromatic carbocycles. The van der Waals surface area contributed by atoms with Crippen molar-refractivity contribution in [1.82, 2.24) is 20.6 Å². The standard InChI is InChI=1S/C17H24N4O.2ClH/c1-11(2)16(21-15(22)10-18-9-12-7-8-12)17-19-13-5-3-4-6-14(13)20-17;;/h3-6,11-12,16,18H,7-10H2,1-2H3,(H,19,20)(H,21,22);2*1H. The zero-order chi connectivity index (χ0) is 15.5. The zero-order valence-electron chi connectivity index (χ0n) is 14.0. The molecule has 1 heterocycles. The largest absolute Gasteiger partial charge is 0.345 e. The van der Waals surface area contributed by atoms with Crippen molar-refractivity contribution in [1.29, 1.82) is 0 Å². The summed E-state index contributed by atoms with van der Waals surface area (Å²) < 4.78 is 0. The minimum absolute atomic E-state index is 0. The Labute approximate surface area is 155 Å². The van der Waals surface area contributed by atoms with E-state index in [2.05, 4.69) is 34.4 Å². The average molecular weight is 373 g/mol. The molecule has 0 aliphatic heterocycles. The highest BCUT2D eigenvalue weighted by molar-refractivity contribution is 5.85. The third-order valence-corrected chi connectivity index (χ3v) is 4.10. The molecule has 7 heteroatoms. The first-order valence-corrected chi connectivity index (χ1v) is 8.08. The van der Waals surface area contributed by atoms with Crippen molar-refractivity contribution < 1.29 is 4.79 Å². The predicted octanol–water partition coefficient (Wildman–Crippen LogP) is 3.22. The normalized spacial score (nSPS) is 14.8. The van der Waals surface area contributed by atoms with E-state index < -0.39 is 0 Å². The van der Waals surface area contributed by atoms with Gasteiger partial charge < -0.3 is 15.6 Å². The number of nitrogens with one attached hydrogen (secondary N) is 3. The van der Waals surface area contributed by atoms with Crippen molar-refractivity contribution in [2.24, 2.45) is 11.8 Å². The second kappa shape index (κ2) is 9.25. The number of rotatable bonds is 7. The molecule has 1 aliphatic rings. The molecule has 0 saturated heterocycles. The Balaban J connectivity index is 0.00000144. The minimum Gasteiger partial charge on any atom is -0.345 e. The van der Waals surface area contributed by atoms with E-state index in [1.807, 2.05) is 24.3 Å². The molecule has 3 N–H and O–H groups in total. The van der Waals surface area contributed by atoms with Crippen LogP contribution in [0.25, 0.3) is 11.0 Å². The monoisotopic (exact) mass is 372 g/mol. The number of hydrogen-bond acceptors (Lipinski definition) is 3. The Morgan fingerprint density at radius 1 is 1.29 bits per heavy atom. The number of nitrogens with zero attached hydrogens (tertiary/aromatic N) is 1. The van der Waals surface area contributed by atoms with Crippen molar-refractivity contribution in [3.05, 3.63) is 30.1 Å². The number of benzene rings is 1. The molecule has 0 bridgehead atoms. The lowest BCUT2D eigenvalue weighted by Gasteiger charge is -2.20. The lowest BCUT2D eigenvalue weighted by Crippen LogP contribution is -2.39. The summed E-state index contributed by atoms with van der Waals surface area (Å²) in [5.41, 5.74) is 1.94. The van der Waals surface area contributed by atoms with E-state index in [0.29, 0.717) is 6.54 Å². The number of carbonyl (C=O) groups is 1. The van der Waals surface area contributed by atoms with E-state index in [0.717, 1.165) is 29.3 Å². The molecule has 1 aromatic heterocycles. The molecule has 0 spiro atoms. The van der Waals surface area contributed by atoms with Crippen molar-refractivity contribution in [2.75, 3.05) is 13.1 Å². The summed E-state index contributed by atoms with van der Waals surface area (Å²) in [4.78, 5) is 20.1. The number of carbonyl (C=O) groups excluding carboxylic acids is 1. The number of H-pyrrole nitrogens is 1. The summed E-state index contributed by atoms with van der Waals surface area (Å²) in [6.45, 7) is 5.51. The van der Waals surface area contributed by atoms with Crippen molar-refractivity contribution in [3.63, 3.8) is 0 Å². The zero-order valence-corrected chi connectivity index (χ0v) is 15.7. The second-order valence-corrected chi connectivity index (χ2v) is 6.50. The van der Waals surface area contributed by atoms with Gasteiger partial charge in [0.05, 0.1) is 23.6 Å². The number of amides is 1. The number of aromatic nitrogens is 2. The summed E-state index contributed by atoms with van der Waals surface area (Å²) in [5.74, 6) is 1.91. The Hall–Kier alpha value is -1.30. The first-order chi connectivity index (χ1) is 10.6. The maximum absolute atomic E-state index is 12.1. The van der Waals surface area contributed by atoms with Crippen LogP contribution in [0.4, 0.5) is 0 Å². The van der Waals surface area contributed by atoms with Crippen LogP contribution in [0, 0.1) is 11.8 Å². The number of fused-ring (bicyclic) bond motifs is 1. The third kappa shape index (κ3) is 5.36. The molecule has 1 aliphatic carbocycles. The fourth-order valence-electron chi connectivity index (χ4n) is 2.61. The molecule has 1 atom stereocenters. The van der Waals surface area contributed by atoms with Crippen LogP contribution in [0.5, 0.6) is 0 Å². The van der Waals surface area contributed by atoms with Gasteiger partial charge in [-0.1, -0.05) is 26.0 Å². The van der Waals surface area contributed by atoms with Crippen LogP contribution in [0.1, 0.15) is 38.6 Å². The second-order valence-electron chi connectivity index (χ2n) is 6.50. The van der Waals surface area contributed by atoms with Crippen LogP contribution in [-0.4, -0.2) is 29.0 Å². The Bertz CT molecular complexity index is 622. The topological polar surface area (TPSA) is 69.8 Å². The predicted molar refractivity (Wildman–Crippen MR) is 102 cm³/mol.